The van der Waals surface area contributed by atoms with Crippen LogP contribution in [0.15, 0.2) is 42.5 Å². The average molecular weight is 589 g/mol. The summed E-state index contributed by atoms with van der Waals surface area (Å²) in [6.07, 6.45) is -7.54. The lowest BCUT2D eigenvalue weighted by Crippen LogP contribution is -2.53. The van der Waals surface area contributed by atoms with Gasteiger partial charge in [-0.2, -0.15) is 26.3 Å². The number of nitrogens with one attached hydrogen (secondary N) is 1. The summed E-state index contributed by atoms with van der Waals surface area (Å²) in [5, 5.41) is 13.9. The second kappa shape index (κ2) is 11.9. The van der Waals surface area contributed by atoms with Gasteiger partial charge in [-0.05, 0) is 62.1 Å². The van der Waals surface area contributed by atoms with E-state index in [-0.39, 0.29) is 44.1 Å². The number of rotatable bonds is 7. The number of piperazine rings is 1. The van der Waals surface area contributed by atoms with E-state index in [0.717, 1.165) is 24.3 Å². The highest BCUT2D eigenvalue weighted by Crippen LogP contribution is 2.38. The molecule has 0 atom stereocenters. The molecule has 2 aromatic rings. The second-order valence-corrected chi connectivity index (χ2v) is 9.82. The van der Waals surface area contributed by atoms with Gasteiger partial charge < -0.3 is 19.9 Å². The molecule has 2 fully saturated rings. The van der Waals surface area contributed by atoms with Gasteiger partial charge in [-0.3, -0.25) is 19.7 Å². The van der Waals surface area contributed by atoms with Gasteiger partial charge in [0.1, 0.15) is 18.7 Å². The largest absolute Gasteiger partial charge is 0.423 e. The topological polar surface area (TPSA) is 105 Å². The molecule has 0 spiro atoms. The molecule has 9 nitrogen and oxygen atoms in total. The van der Waals surface area contributed by atoms with E-state index in [1.54, 1.807) is 0 Å². The van der Waals surface area contributed by atoms with Gasteiger partial charge in [0.15, 0.2) is 0 Å². The van der Waals surface area contributed by atoms with Crippen molar-refractivity contribution in [1.29, 1.82) is 0 Å². The van der Waals surface area contributed by atoms with Gasteiger partial charge in [-0.25, -0.2) is 0 Å². The van der Waals surface area contributed by atoms with E-state index in [2.05, 4.69) is 5.32 Å². The van der Waals surface area contributed by atoms with Gasteiger partial charge in [-0.1, -0.05) is 0 Å². The summed E-state index contributed by atoms with van der Waals surface area (Å²) in [5.41, 5.74) is -2.76. The molecule has 1 saturated heterocycles. The van der Waals surface area contributed by atoms with Crippen LogP contribution in [-0.2, 0) is 26.7 Å². The van der Waals surface area contributed by atoms with Crippen LogP contribution in [-0.4, -0.2) is 60.0 Å². The number of benzene rings is 2. The number of nitro benzene ring substituents is 1. The van der Waals surface area contributed by atoms with E-state index in [0.29, 0.717) is 31.4 Å². The van der Waals surface area contributed by atoms with Crippen LogP contribution in [0.25, 0.3) is 0 Å². The van der Waals surface area contributed by atoms with Crippen LogP contribution in [0.4, 0.5) is 43.4 Å². The van der Waals surface area contributed by atoms with Crippen molar-refractivity contribution in [2.75, 3.05) is 36.5 Å². The van der Waals surface area contributed by atoms with E-state index >= 15 is 0 Å². The van der Waals surface area contributed by atoms with Gasteiger partial charge in [0.05, 0.1) is 16.6 Å². The number of hydrogen-bond acceptors (Lipinski definition) is 6. The molecular formula is C26H26F6N4O5. The molecule has 1 saturated carbocycles. The normalized spacial score (nSPS) is 20.2. The molecule has 0 bridgehead atoms. The summed E-state index contributed by atoms with van der Waals surface area (Å²) in [7, 11) is 0. The van der Waals surface area contributed by atoms with Crippen molar-refractivity contribution in [1.82, 2.24) is 4.90 Å². The number of nitro groups is 1. The molecule has 0 unspecified atom stereocenters. The highest BCUT2D eigenvalue weighted by molar-refractivity contribution is 5.98. The minimum absolute atomic E-state index is 0.113. The fraction of sp³-hybridized carbons (Fsp3) is 0.462. The number of hydrogen-bond donors (Lipinski definition) is 1. The summed E-state index contributed by atoms with van der Waals surface area (Å²) < 4.78 is 83.8. The minimum atomic E-state index is -4.88. The zero-order chi connectivity index (χ0) is 29.9. The molecule has 1 aliphatic heterocycles. The number of ether oxygens (including phenoxy) is 1. The summed E-state index contributed by atoms with van der Waals surface area (Å²) in [5.74, 6) is -0.841. The Morgan fingerprint density at radius 1 is 0.976 bits per heavy atom. The number of alkyl halides is 6. The van der Waals surface area contributed by atoms with Crippen LogP contribution in [0.2, 0.25) is 0 Å². The summed E-state index contributed by atoms with van der Waals surface area (Å²) in [4.78, 5) is 37.7. The maximum atomic E-state index is 13.2. The van der Waals surface area contributed by atoms with Crippen LogP contribution in [0.5, 0.6) is 0 Å². The molecule has 1 aliphatic carbocycles. The Balaban J connectivity index is 1.22. The van der Waals surface area contributed by atoms with Gasteiger partial charge in [0, 0.05) is 36.6 Å². The minimum Gasteiger partial charge on any atom is -0.382 e. The maximum Gasteiger partial charge on any atom is 0.423 e. The first-order chi connectivity index (χ1) is 19.2. The van der Waals surface area contributed by atoms with Crippen molar-refractivity contribution >= 4 is 28.9 Å². The third-order valence-electron chi connectivity index (χ3n) is 7.07. The molecule has 222 valence electrons. The molecule has 0 aromatic heterocycles. The summed E-state index contributed by atoms with van der Waals surface area (Å²) in [6.45, 7) is -0.213. The van der Waals surface area contributed by atoms with Gasteiger partial charge in [0.25, 0.3) is 5.69 Å². The molecule has 2 amide bonds. The highest BCUT2D eigenvalue weighted by Gasteiger charge is 2.39. The molecule has 15 heteroatoms. The predicted molar refractivity (Wildman–Crippen MR) is 134 cm³/mol. The lowest BCUT2D eigenvalue weighted by atomic mass is 9.92. The zero-order valence-corrected chi connectivity index (χ0v) is 21.5. The van der Waals surface area contributed by atoms with E-state index in [9.17, 15) is 46.0 Å². The Labute approximate surface area is 230 Å². The number of carbonyl (C=O) groups is 2. The lowest BCUT2D eigenvalue weighted by Gasteiger charge is -2.35. The van der Waals surface area contributed by atoms with E-state index in [1.165, 1.54) is 28.0 Å². The highest BCUT2D eigenvalue weighted by atomic mass is 19.4. The summed E-state index contributed by atoms with van der Waals surface area (Å²) >= 11 is 0. The first kappa shape index (κ1) is 30.1. The van der Waals surface area contributed by atoms with Crippen LogP contribution >= 0.6 is 0 Å². The van der Waals surface area contributed by atoms with Crippen molar-refractivity contribution in [3.63, 3.8) is 0 Å². The van der Waals surface area contributed by atoms with Crippen molar-refractivity contribution < 1.29 is 45.6 Å². The zero-order valence-electron chi connectivity index (χ0n) is 21.5. The third-order valence-corrected chi connectivity index (χ3v) is 7.07. The number of amides is 2. The molecule has 41 heavy (non-hydrogen) atoms. The smallest absolute Gasteiger partial charge is 0.382 e. The Bertz CT molecular complexity index is 1280. The second-order valence-electron chi connectivity index (χ2n) is 9.82. The Hall–Kier alpha value is -3.88. The molecule has 0 radical (unpaired) electrons. The predicted octanol–water partition coefficient (Wildman–Crippen LogP) is 5.25. The number of nitrogens with zero attached hydrogens (tertiary/aromatic N) is 3. The fourth-order valence-corrected chi connectivity index (χ4v) is 4.89. The van der Waals surface area contributed by atoms with E-state index in [4.69, 9.17) is 4.74 Å². The molecule has 4 rings (SSSR count). The number of halogens is 6. The summed E-state index contributed by atoms with van der Waals surface area (Å²) in [6, 6.07) is 6.79. The van der Waals surface area contributed by atoms with Gasteiger partial charge in [0.2, 0.25) is 11.8 Å². The Kier molecular flexibility index (Phi) is 8.75. The van der Waals surface area contributed by atoms with Crippen LogP contribution in [0.3, 0.4) is 0 Å². The maximum absolute atomic E-state index is 13.2. The molecule has 2 aliphatic rings. The van der Waals surface area contributed by atoms with Crippen LogP contribution in [0, 0.1) is 10.1 Å². The van der Waals surface area contributed by atoms with E-state index < -0.39 is 45.9 Å². The quantitative estimate of drug-likeness (QED) is 0.269. The molecule has 2 aromatic carbocycles. The first-order valence-electron chi connectivity index (χ1n) is 12.7. The average Bonchev–Trinajstić information content (AvgIpc) is 2.91. The first-order valence-corrected chi connectivity index (χ1v) is 12.7. The van der Waals surface area contributed by atoms with Crippen molar-refractivity contribution in [2.24, 2.45) is 0 Å². The van der Waals surface area contributed by atoms with Crippen molar-refractivity contribution in [3.05, 3.63) is 63.7 Å². The molecule has 1 N–H and O–H groups in total. The number of carbonyl (C=O) groups excluding carboxylic acids is 2. The van der Waals surface area contributed by atoms with Crippen LogP contribution in [0.1, 0.15) is 36.8 Å². The molecule has 1 heterocycles. The lowest BCUT2D eigenvalue weighted by molar-refractivity contribution is -0.388. The standard InChI is InChI=1S/C26H26F6N4O5/c27-25(28,29)16-1-6-19(7-2-16)35-12-11-34(14-23(35)37)24(38)15-41-20-8-3-17(4-9-20)33-18-5-10-22(36(39)40)21(13-18)26(30,31)32/h1-2,5-7,10,13,17,20,33H,3-4,8-9,11-12,14-15H2/t17-,20-. The SMILES string of the molecule is O=C(CO[C@H]1CC[C@H](Nc2ccc([N+](=O)[O-])c(C(F)(F)F)c2)CC1)N1CCN(c2ccc(C(F)(F)F)cc2)C(=O)C1. The fourth-order valence-electron chi connectivity index (χ4n) is 4.89. The van der Waals surface area contributed by atoms with Gasteiger partial charge in [-0.15, -0.1) is 0 Å². The van der Waals surface area contributed by atoms with Gasteiger partial charge >= 0.3 is 12.4 Å². The third kappa shape index (κ3) is 7.45. The Morgan fingerprint density at radius 3 is 2.20 bits per heavy atom. The van der Waals surface area contributed by atoms with Crippen molar-refractivity contribution in [2.45, 2.75) is 50.2 Å². The van der Waals surface area contributed by atoms with Crippen LogP contribution < -0.4 is 10.2 Å². The number of anilines is 2. The van der Waals surface area contributed by atoms with Crippen molar-refractivity contribution in [3.8, 4) is 0 Å². The van der Waals surface area contributed by atoms with E-state index in [1.807, 2.05) is 0 Å². The molecular weight excluding hydrogens is 562 g/mol. The monoisotopic (exact) mass is 588 g/mol. The Morgan fingerprint density at radius 2 is 1.63 bits per heavy atom.